The van der Waals surface area contributed by atoms with Gasteiger partial charge in [-0.25, -0.2) is 4.99 Å². The SMILES string of the molecule is Cc1cccc(NC(=NC(N)=N[C@@H]2CCOC[C@@H]2N)C(=N)C(N)=O)c1. The molecule has 1 aliphatic heterocycles. The Kier molecular flexibility index (Phi) is 6.20. The number of aliphatic imine (C=N–C) groups is 2. The Morgan fingerprint density at radius 3 is 2.80 bits per heavy atom. The summed E-state index contributed by atoms with van der Waals surface area (Å²) in [5, 5.41) is 10.7. The standard InChI is InChI=1S/C16H23N7O2/c1-9-3-2-4-10(7-9)21-15(13(18)14(19)24)23-16(20)22-12-5-6-25-8-11(12)17/h2-4,7,11-12,18H,5-6,8,17H2,1H3,(H2,19,24)(H3,20,21,22,23)/t11-,12+/m0/s1. The van der Waals surface area contributed by atoms with Crippen LogP contribution in [0.3, 0.4) is 0 Å². The van der Waals surface area contributed by atoms with Crippen LogP contribution in [0.25, 0.3) is 0 Å². The minimum Gasteiger partial charge on any atom is -0.380 e. The number of aryl methyl sites for hydroxylation is 1. The Bertz CT molecular complexity index is 714. The van der Waals surface area contributed by atoms with Crippen molar-refractivity contribution in [2.75, 3.05) is 18.5 Å². The van der Waals surface area contributed by atoms with E-state index in [1.807, 2.05) is 25.1 Å². The lowest BCUT2D eigenvalue weighted by Crippen LogP contribution is -2.43. The third-order valence-electron chi connectivity index (χ3n) is 3.65. The number of nitrogens with zero attached hydrogens (tertiary/aromatic N) is 2. The van der Waals surface area contributed by atoms with Crippen LogP contribution in [0.5, 0.6) is 0 Å². The molecule has 0 unspecified atom stereocenters. The van der Waals surface area contributed by atoms with Crippen molar-refractivity contribution in [1.29, 1.82) is 5.41 Å². The van der Waals surface area contributed by atoms with Gasteiger partial charge in [0.05, 0.1) is 18.7 Å². The number of hydrogen-bond acceptors (Lipinski definition) is 5. The lowest BCUT2D eigenvalue weighted by molar-refractivity contribution is -0.111. The lowest BCUT2D eigenvalue weighted by Gasteiger charge is -2.25. The van der Waals surface area contributed by atoms with Crippen LogP contribution in [0.15, 0.2) is 34.3 Å². The fourth-order valence-electron chi connectivity index (χ4n) is 2.34. The molecule has 1 fully saturated rings. The number of primary amides is 1. The number of ether oxygens (including phenoxy) is 1. The van der Waals surface area contributed by atoms with Crippen molar-refractivity contribution in [2.24, 2.45) is 27.2 Å². The average molecular weight is 345 g/mol. The first-order valence-corrected chi connectivity index (χ1v) is 7.84. The third kappa shape index (κ3) is 5.37. The monoisotopic (exact) mass is 345 g/mol. The maximum atomic E-state index is 11.4. The number of benzene rings is 1. The zero-order chi connectivity index (χ0) is 18.4. The zero-order valence-corrected chi connectivity index (χ0v) is 14.0. The molecule has 0 aliphatic carbocycles. The zero-order valence-electron chi connectivity index (χ0n) is 14.0. The molecule has 0 radical (unpaired) electrons. The van der Waals surface area contributed by atoms with E-state index in [4.69, 9.17) is 27.3 Å². The van der Waals surface area contributed by atoms with Gasteiger partial charge >= 0.3 is 0 Å². The van der Waals surface area contributed by atoms with E-state index in [0.29, 0.717) is 25.3 Å². The smallest absolute Gasteiger partial charge is 0.270 e. The van der Waals surface area contributed by atoms with Crippen LogP contribution in [0.2, 0.25) is 0 Å². The number of hydrogen-bond donors (Lipinski definition) is 5. The summed E-state index contributed by atoms with van der Waals surface area (Å²) in [4.78, 5) is 19.7. The molecule has 134 valence electrons. The summed E-state index contributed by atoms with van der Waals surface area (Å²) in [6.45, 7) is 2.87. The highest BCUT2D eigenvalue weighted by atomic mass is 16.5. The van der Waals surface area contributed by atoms with Crippen molar-refractivity contribution < 1.29 is 9.53 Å². The quantitative estimate of drug-likeness (QED) is 0.374. The normalized spacial score (nSPS) is 21.7. The Hall–Kier alpha value is -2.78. The summed E-state index contributed by atoms with van der Waals surface area (Å²) in [5.41, 5.74) is 18.2. The summed E-state index contributed by atoms with van der Waals surface area (Å²) in [6, 6.07) is 6.88. The van der Waals surface area contributed by atoms with Gasteiger partial charge in [-0.1, -0.05) is 12.1 Å². The summed E-state index contributed by atoms with van der Waals surface area (Å²) in [5.74, 6) is -1.07. The van der Waals surface area contributed by atoms with Gasteiger partial charge in [0.25, 0.3) is 5.91 Å². The molecule has 2 rings (SSSR count). The van der Waals surface area contributed by atoms with Gasteiger partial charge in [0.2, 0.25) is 5.96 Å². The fraction of sp³-hybridized carbons (Fsp3) is 0.375. The van der Waals surface area contributed by atoms with Gasteiger partial charge in [0.15, 0.2) is 11.5 Å². The van der Waals surface area contributed by atoms with Crippen molar-refractivity contribution >= 4 is 29.1 Å². The molecule has 1 amide bonds. The van der Waals surface area contributed by atoms with E-state index < -0.39 is 11.6 Å². The van der Waals surface area contributed by atoms with Crippen molar-refractivity contribution in [2.45, 2.75) is 25.4 Å². The van der Waals surface area contributed by atoms with Crippen molar-refractivity contribution in [3.05, 3.63) is 29.8 Å². The van der Waals surface area contributed by atoms with Crippen LogP contribution < -0.4 is 22.5 Å². The summed E-state index contributed by atoms with van der Waals surface area (Å²) in [6.07, 6.45) is 0.630. The van der Waals surface area contributed by atoms with E-state index in [9.17, 15) is 4.79 Å². The number of carbonyl (C=O) groups excluding carboxylic acids is 1. The second-order valence-corrected chi connectivity index (χ2v) is 5.78. The predicted octanol–water partition coefficient (Wildman–Crippen LogP) is -0.259. The molecule has 0 bridgehead atoms. The van der Waals surface area contributed by atoms with Crippen LogP contribution in [-0.4, -0.2) is 48.7 Å². The highest BCUT2D eigenvalue weighted by molar-refractivity contribution is 6.67. The molecular weight excluding hydrogens is 322 g/mol. The number of anilines is 1. The Labute approximate surface area is 145 Å². The van der Waals surface area contributed by atoms with Crippen LogP contribution >= 0.6 is 0 Å². The van der Waals surface area contributed by atoms with Gasteiger partial charge in [0, 0.05) is 12.3 Å². The van der Waals surface area contributed by atoms with E-state index in [0.717, 1.165) is 5.56 Å². The van der Waals surface area contributed by atoms with Gasteiger partial charge < -0.3 is 27.3 Å². The molecule has 8 N–H and O–H groups in total. The van der Waals surface area contributed by atoms with Gasteiger partial charge in [-0.3, -0.25) is 10.2 Å². The van der Waals surface area contributed by atoms with Crippen molar-refractivity contribution in [3.8, 4) is 0 Å². The molecule has 9 heteroatoms. The highest BCUT2D eigenvalue weighted by Gasteiger charge is 2.22. The molecule has 1 aliphatic rings. The van der Waals surface area contributed by atoms with Gasteiger partial charge in [-0.05, 0) is 31.0 Å². The van der Waals surface area contributed by atoms with Crippen LogP contribution in [0, 0.1) is 12.3 Å². The topological polar surface area (TPSA) is 165 Å². The predicted molar refractivity (Wildman–Crippen MR) is 98.0 cm³/mol. The summed E-state index contributed by atoms with van der Waals surface area (Å²) in [7, 11) is 0. The van der Waals surface area contributed by atoms with Gasteiger partial charge in [-0.2, -0.15) is 4.99 Å². The number of carbonyl (C=O) groups is 1. The molecular formula is C16H23N7O2. The van der Waals surface area contributed by atoms with Gasteiger partial charge in [-0.15, -0.1) is 0 Å². The van der Waals surface area contributed by atoms with Crippen LogP contribution in [0.4, 0.5) is 5.69 Å². The van der Waals surface area contributed by atoms with Crippen molar-refractivity contribution in [1.82, 2.24) is 0 Å². The van der Waals surface area contributed by atoms with E-state index in [1.54, 1.807) is 6.07 Å². The number of nitrogens with two attached hydrogens (primary N) is 3. The number of guanidine groups is 1. The average Bonchev–Trinajstić information content (AvgIpc) is 2.55. The second-order valence-electron chi connectivity index (χ2n) is 5.78. The minimum absolute atomic E-state index is 0.0695. The molecule has 1 heterocycles. The molecule has 0 saturated carbocycles. The Morgan fingerprint density at radius 2 is 2.16 bits per heavy atom. The largest absolute Gasteiger partial charge is 0.380 e. The molecule has 1 aromatic carbocycles. The first kappa shape index (κ1) is 18.6. The lowest BCUT2D eigenvalue weighted by atomic mass is 10.1. The Morgan fingerprint density at radius 1 is 1.40 bits per heavy atom. The maximum absolute atomic E-state index is 11.4. The molecule has 1 saturated heterocycles. The van der Waals surface area contributed by atoms with Crippen LogP contribution in [-0.2, 0) is 9.53 Å². The van der Waals surface area contributed by atoms with Crippen molar-refractivity contribution in [3.63, 3.8) is 0 Å². The molecule has 0 spiro atoms. The second kappa shape index (κ2) is 8.36. The first-order valence-electron chi connectivity index (χ1n) is 7.84. The maximum Gasteiger partial charge on any atom is 0.270 e. The molecule has 25 heavy (non-hydrogen) atoms. The molecule has 9 nitrogen and oxygen atoms in total. The van der Waals surface area contributed by atoms with E-state index in [1.165, 1.54) is 0 Å². The number of amidine groups is 1. The van der Waals surface area contributed by atoms with E-state index >= 15 is 0 Å². The molecule has 1 aromatic rings. The van der Waals surface area contributed by atoms with Crippen LogP contribution in [0.1, 0.15) is 12.0 Å². The summed E-state index contributed by atoms with van der Waals surface area (Å²) >= 11 is 0. The minimum atomic E-state index is -0.922. The summed E-state index contributed by atoms with van der Waals surface area (Å²) < 4.78 is 5.26. The molecule has 0 aromatic heterocycles. The Balaban J connectivity index is 2.25. The molecule has 2 atom stereocenters. The highest BCUT2D eigenvalue weighted by Crippen LogP contribution is 2.11. The van der Waals surface area contributed by atoms with E-state index in [2.05, 4.69) is 15.3 Å². The first-order chi connectivity index (χ1) is 11.9. The number of nitrogens with one attached hydrogen (secondary N) is 2. The number of amides is 1. The number of rotatable bonds is 4. The van der Waals surface area contributed by atoms with E-state index in [-0.39, 0.29) is 23.9 Å². The van der Waals surface area contributed by atoms with Gasteiger partial charge in [0.1, 0.15) is 0 Å². The fourth-order valence-corrected chi connectivity index (χ4v) is 2.34. The third-order valence-corrected chi connectivity index (χ3v) is 3.65.